The van der Waals surface area contributed by atoms with Gasteiger partial charge in [-0.1, -0.05) is 133 Å². The van der Waals surface area contributed by atoms with E-state index >= 15 is 0 Å². The summed E-state index contributed by atoms with van der Waals surface area (Å²) in [6.07, 6.45) is 3.11. The van der Waals surface area contributed by atoms with Gasteiger partial charge < -0.3 is 0 Å². The Hall–Kier alpha value is -6.77. The Bertz CT molecular complexity index is 2720. The minimum Gasteiger partial charge on any atom is -0.293 e. The molecule has 7 nitrogen and oxygen atoms in total. The molecular weight excluding hydrogens is 643 g/mol. The lowest BCUT2D eigenvalue weighted by Crippen LogP contribution is -2.54. The topological polar surface area (TPSA) is 74.3 Å². The molecule has 0 N–H and O–H groups in total. The molecule has 0 aliphatic heterocycles. The van der Waals surface area contributed by atoms with Crippen LogP contribution in [-0.2, 0) is 0 Å². The molecule has 0 aliphatic carbocycles. The van der Waals surface area contributed by atoms with Crippen LogP contribution in [0.3, 0.4) is 0 Å². The summed E-state index contributed by atoms with van der Waals surface area (Å²) in [6.45, 7) is 0. The van der Waals surface area contributed by atoms with Gasteiger partial charge in [-0.3, -0.25) is 9.13 Å². The average molecular weight is 671 g/mol. The fraction of sp³-hybridized carbons (Fsp3) is 0. The SMILES string of the molecule is c1ccc([Si](c2ccccc2)c2nc(-n3c4ccccc4c4ccccc43)nc(-n3c4ccccc4c4ccccc43)c2-c2ncncn2)cc1. The molecule has 0 atom stereocenters. The summed E-state index contributed by atoms with van der Waals surface area (Å²) in [7, 11) is -1.77. The fourth-order valence-electron chi connectivity index (χ4n) is 7.39. The molecule has 51 heavy (non-hydrogen) atoms. The number of hydrogen-bond acceptors (Lipinski definition) is 5. The number of nitrogens with zero attached hydrogens (tertiary/aromatic N) is 7. The largest absolute Gasteiger partial charge is 0.293 e. The molecule has 0 amide bonds. The predicted octanol–water partition coefficient (Wildman–Crippen LogP) is 7.04. The van der Waals surface area contributed by atoms with Crippen molar-refractivity contribution in [3.05, 3.63) is 170 Å². The lowest BCUT2D eigenvalue weighted by Gasteiger charge is -2.22. The zero-order valence-electron chi connectivity index (χ0n) is 27.3. The Morgan fingerprint density at radius 3 is 1.29 bits per heavy atom. The normalized spacial score (nSPS) is 11.7. The van der Waals surface area contributed by atoms with Gasteiger partial charge in [0.05, 0.1) is 32.9 Å². The standard InChI is InChI=1S/C43H28N7Si/c1-3-15-29(16-4-1)51(30-17-5-2-6-18-30)42-39(40-45-27-44-28-46-40)41(49-35-23-11-7-19-31(35)32-20-8-12-24-36(32)49)47-43(48-42)50-37-25-13-9-21-33(37)34-22-10-14-26-38(34)50/h1-28H. The van der Waals surface area contributed by atoms with Gasteiger partial charge in [-0.2, -0.15) is 4.98 Å². The van der Waals surface area contributed by atoms with Crippen molar-refractivity contribution in [3.8, 4) is 23.2 Å². The zero-order chi connectivity index (χ0) is 33.7. The quantitative estimate of drug-likeness (QED) is 0.178. The molecule has 0 fully saturated rings. The van der Waals surface area contributed by atoms with Gasteiger partial charge in [0.1, 0.15) is 12.7 Å². The van der Waals surface area contributed by atoms with Gasteiger partial charge in [0.25, 0.3) is 0 Å². The third-order valence-electron chi connectivity index (χ3n) is 9.53. The molecule has 1 radical (unpaired) electrons. The third-order valence-corrected chi connectivity index (χ3v) is 12.2. The van der Waals surface area contributed by atoms with E-state index in [1.165, 1.54) is 10.4 Å². The maximum absolute atomic E-state index is 5.66. The summed E-state index contributed by atoms with van der Waals surface area (Å²) >= 11 is 0. The smallest absolute Gasteiger partial charge is 0.236 e. The first-order valence-electron chi connectivity index (χ1n) is 16.8. The first kappa shape index (κ1) is 29.2. The summed E-state index contributed by atoms with van der Waals surface area (Å²) in [4.78, 5) is 25.1. The lowest BCUT2D eigenvalue weighted by atomic mass is 10.2. The molecule has 10 aromatic rings. The molecule has 0 saturated carbocycles. The summed E-state index contributed by atoms with van der Waals surface area (Å²) in [5, 5.41) is 7.87. The number of para-hydroxylation sites is 4. The Morgan fingerprint density at radius 2 is 0.824 bits per heavy atom. The van der Waals surface area contributed by atoms with Crippen molar-refractivity contribution >= 4 is 68.1 Å². The first-order valence-corrected chi connectivity index (χ1v) is 18.3. The van der Waals surface area contributed by atoms with Gasteiger partial charge in [0.15, 0.2) is 20.4 Å². The minimum atomic E-state index is -1.77. The molecule has 10 rings (SSSR count). The second kappa shape index (κ2) is 12.0. The highest BCUT2D eigenvalue weighted by atomic mass is 28.3. The molecule has 0 spiro atoms. The molecule has 8 heteroatoms. The molecule has 0 unspecified atom stereocenters. The predicted molar refractivity (Wildman–Crippen MR) is 207 cm³/mol. The number of fused-ring (bicyclic) bond motifs is 6. The van der Waals surface area contributed by atoms with Gasteiger partial charge in [-0.05, 0) is 34.6 Å². The van der Waals surface area contributed by atoms with Crippen molar-refractivity contribution < 1.29 is 0 Å². The van der Waals surface area contributed by atoms with E-state index in [0.29, 0.717) is 11.8 Å². The molecule has 4 heterocycles. The van der Waals surface area contributed by atoms with Crippen LogP contribution < -0.4 is 15.7 Å². The molecule has 0 bridgehead atoms. The molecule has 239 valence electrons. The van der Waals surface area contributed by atoms with E-state index in [2.05, 4.69) is 172 Å². The monoisotopic (exact) mass is 670 g/mol. The molecule has 0 aliphatic rings. The second-order valence-corrected chi connectivity index (χ2v) is 14.8. The van der Waals surface area contributed by atoms with E-state index in [4.69, 9.17) is 19.9 Å². The van der Waals surface area contributed by atoms with Crippen LogP contribution in [0.4, 0.5) is 0 Å². The van der Waals surface area contributed by atoms with E-state index in [1.54, 1.807) is 12.7 Å². The van der Waals surface area contributed by atoms with Gasteiger partial charge in [-0.25, -0.2) is 19.9 Å². The van der Waals surface area contributed by atoms with Crippen LogP contribution in [0.1, 0.15) is 0 Å². The van der Waals surface area contributed by atoms with Crippen molar-refractivity contribution in [3.63, 3.8) is 0 Å². The summed E-state index contributed by atoms with van der Waals surface area (Å²) in [5.41, 5.74) is 4.95. The molecular formula is C43H28N7Si. The average Bonchev–Trinajstić information content (AvgIpc) is 3.72. The van der Waals surface area contributed by atoms with Crippen LogP contribution in [0.15, 0.2) is 170 Å². The Balaban J connectivity index is 1.43. The van der Waals surface area contributed by atoms with Crippen LogP contribution in [-0.4, -0.2) is 42.9 Å². The van der Waals surface area contributed by atoms with E-state index in [-0.39, 0.29) is 0 Å². The van der Waals surface area contributed by atoms with Crippen LogP contribution in [0, 0.1) is 0 Å². The Morgan fingerprint density at radius 1 is 0.412 bits per heavy atom. The number of aromatic nitrogens is 7. The summed E-state index contributed by atoms with van der Waals surface area (Å²) in [6, 6.07) is 55.4. The molecule has 4 aromatic heterocycles. The molecule has 6 aromatic carbocycles. The van der Waals surface area contributed by atoms with Crippen molar-refractivity contribution in [1.82, 2.24) is 34.1 Å². The van der Waals surface area contributed by atoms with Crippen LogP contribution in [0.2, 0.25) is 0 Å². The van der Waals surface area contributed by atoms with Gasteiger partial charge >= 0.3 is 0 Å². The Labute approximate surface area is 294 Å². The maximum Gasteiger partial charge on any atom is 0.236 e. The molecule has 0 saturated heterocycles. The van der Waals surface area contributed by atoms with Crippen molar-refractivity contribution in [2.24, 2.45) is 0 Å². The first-order chi connectivity index (χ1) is 25.3. The highest BCUT2D eigenvalue weighted by Gasteiger charge is 2.32. The van der Waals surface area contributed by atoms with Crippen molar-refractivity contribution in [2.45, 2.75) is 0 Å². The van der Waals surface area contributed by atoms with Crippen LogP contribution >= 0.6 is 0 Å². The van der Waals surface area contributed by atoms with Crippen LogP contribution in [0.25, 0.3) is 66.8 Å². The highest BCUT2D eigenvalue weighted by Crippen LogP contribution is 2.36. The third kappa shape index (κ3) is 4.69. The summed E-state index contributed by atoms with van der Waals surface area (Å²) < 4.78 is 4.47. The lowest BCUT2D eigenvalue weighted by molar-refractivity contribution is 0.952. The van der Waals surface area contributed by atoms with Crippen molar-refractivity contribution in [2.75, 3.05) is 0 Å². The van der Waals surface area contributed by atoms with Crippen LogP contribution in [0.5, 0.6) is 0 Å². The highest BCUT2D eigenvalue weighted by molar-refractivity contribution is 6.95. The van der Waals surface area contributed by atoms with Gasteiger partial charge in [0, 0.05) is 21.5 Å². The number of rotatable bonds is 6. The van der Waals surface area contributed by atoms with E-state index in [1.807, 2.05) is 0 Å². The fourth-order valence-corrected chi connectivity index (χ4v) is 10.0. The van der Waals surface area contributed by atoms with Crippen molar-refractivity contribution in [1.29, 1.82) is 0 Å². The Kier molecular flexibility index (Phi) is 6.85. The number of hydrogen-bond donors (Lipinski definition) is 0. The second-order valence-electron chi connectivity index (χ2n) is 12.4. The van der Waals surface area contributed by atoms with Gasteiger partial charge in [0.2, 0.25) is 5.95 Å². The van der Waals surface area contributed by atoms with E-state index in [9.17, 15) is 0 Å². The van der Waals surface area contributed by atoms with E-state index < -0.39 is 8.80 Å². The zero-order valence-corrected chi connectivity index (χ0v) is 28.3. The minimum absolute atomic E-state index is 0.528. The number of benzene rings is 6. The van der Waals surface area contributed by atoms with E-state index in [0.717, 1.165) is 60.3 Å². The summed E-state index contributed by atoms with van der Waals surface area (Å²) in [5.74, 6) is 1.83. The van der Waals surface area contributed by atoms with Gasteiger partial charge in [-0.15, -0.1) is 0 Å². The maximum atomic E-state index is 5.66.